The summed E-state index contributed by atoms with van der Waals surface area (Å²) in [4.78, 5) is 17.1. The average Bonchev–Trinajstić information content (AvgIpc) is 2.96. The lowest BCUT2D eigenvalue weighted by Crippen LogP contribution is -2.50. The Morgan fingerprint density at radius 1 is 1.12 bits per heavy atom. The van der Waals surface area contributed by atoms with Gasteiger partial charge in [0.05, 0.1) is 11.7 Å². The number of nitrogens with zero attached hydrogens (tertiary/aromatic N) is 5. The summed E-state index contributed by atoms with van der Waals surface area (Å²) < 4.78 is 1.96. The molecule has 1 amide bonds. The van der Waals surface area contributed by atoms with Crippen molar-refractivity contribution in [1.29, 1.82) is 0 Å². The quantitative estimate of drug-likeness (QED) is 0.844. The van der Waals surface area contributed by atoms with Crippen LogP contribution < -0.4 is 5.32 Å². The van der Waals surface area contributed by atoms with Crippen molar-refractivity contribution in [2.75, 3.05) is 39.3 Å². The van der Waals surface area contributed by atoms with Crippen molar-refractivity contribution in [3.63, 3.8) is 0 Å². The minimum absolute atomic E-state index is 0. The molecule has 2 aliphatic rings. The first-order valence-electron chi connectivity index (χ1n) is 8.73. The Bertz CT molecular complexity index is 551. The van der Waals surface area contributed by atoms with Gasteiger partial charge in [-0.25, -0.2) is 4.68 Å². The van der Waals surface area contributed by atoms with Crippen LogP contribution in [-0.4, -0.2) is 76.0 Å². The van der Waals surface area contributed by atoms with Gasteiger partial charge in [-0.1, -0.05) is 5.21 Å². The van der Waals surface area contributed by atoms with E-state index in [1.807, 2.05) is 16.5 Å². The number of nitrogens with one attached hydrogen (secondary N) is 1. The van der Waals surface area contributed by atoms with Crippen molar-refractivity contribution in [1.82, 2.24) is 30.1 Å². The molecule has 2 aliphatic heterocycles. The highest BCUT2D eigenvalue weighted by Crippen LogP contribution is 2.21. The van der Waals surface area contributed by atoms with Crippen LogP contribution in [0.3, 0.4) is 0 Å². The molecule has 0 saturated carbocycles. The Morgan fingerprint density at radius 3 is 2.28 bits per heavy atom. The van der Waals surface area contributed by atoms with E-state index in [-0.39, 0.29) is 30.7 Å². The van der Waals surface area contributed by atoms with Crippen LogP contribution in [0.25, 0.3) is 0 Å². The van der Waals surface area contributed by atoms with E-state index in [1.54, 1.807) is 0 Å². The molecular weight excluding hydrogens is 363 g/mol. The maximum Gasteiger partial charge on any atom is 0.276 e. The van der Waals surface area contributed by atoms with Crippen molar-refractivity contribution in [2.45, 2.75) is 45.7 Å². The van der Waals surface area contributed by atoms with Gasteiger partial charge < -0.3 is 10.2 Å². The summed E-state index contributed by atoms with van der Waals surface area (Å²) in [5, 5.41) is 11.8. The molecule has 144 valence electrons. The van der Waals surface area contributed by atoms with Crippen LogP contribution in [0.1, 0.15) is 48.9 Å². The third kappa shape index (κ3) is 4.84. The number of piperidine rings is 1. The molecule has 9 heteroatoms. The average molecular weight is 393 g/mol. The predicted octanol–water partition coefficient (Wildman–Crippen LogP) is 1.52. The summed E-state index contributed by atoms with van der Waals surface area (Å²) in [6, 6.07) is 0.901. The number of hydrogen-bond acceptors (Lipinski definition) is 5. The van der Waals surface area contributed by atoms with E-state index in [0.717, 1.165) is 57.8 Å². The Kier molecular flexibility index (Phi) is 8.60. The highest BCUT2D eigenvalue weighted by Gasteiger charge is 2.28. The fourth-order valence-corrected chi connectivity index (χ4v) is 3.53. The first-order chi connectivity index (χ1) is 11.1. The lowest BCUT2D eigenvalue weighted by atomic mass is 10.1. The first-order valence-corrected chi connectivity index (χ1v) is 8.73. The number of rotatable bonds is 3. The van der Waals surface area contributed by atoms with Crippen LogP contribution in [0.4, 0.5) is 0 Å². The third-order valence-electron chi connectivity index (χ3n) is 5.12. The lowest BCUT2D eigenvalue weighted by Gasteiger charge is -2.36. The molecule has 2 saturated heterocycles. The fourth-order valence-electron chi connectivity index (χ4n) is 3.53. The molecule has 2 fully saturated rings. The summed E-state index contributed by atoms with van der Waals surface area (Å²) in [5.74, 6) is 0.0334. The topological polar surface area (TPSA) is 66.3 Å². The number of hydrogen-bond donors (Lipinski definition) is 1. The van der Waals surface area contributed by atoms with Gasteiger partial charge in [0, 0.05) is 32.2 Å². The second kappa shape index (κ2) is 9.71. The molecule has 1 aromatic heterocycles. The molecule has 0 unspecified atom stereocenters. The van der Waals surface area contributed by atoms with Gasteiger partial charge in [0.15, 0.2) is 5.69 Å². The van der Waals surface area contributed by atoms with Gasteiger partial charge in [-0.15, -0.1) is 29.9 Å². The molecule has 0 spiro atoms. The van der Waals surface area contributed by atoms with Gasteiger partial charge in [-0.05, 0) is 46.7 Å². The highest BCUT2D eigenvalue weighted by atomic mass is 35.5. The monoisotopic (exact) mass is 392 g/mol. The zero-order chi connectivity index (χ0) is 16.4. The summed E-state index contributed by atoms with van der Waals surface area (Å²) in [7, 11) is 0. The Morgan fingerprint density at radius 2 is 1.72 bits per heavy atom. The van der Waals surface area contributed by atoms with Crippen molar-refractivity contribution in [3.05, 3.63) is 11.4 Å². The van der Waals surface area contributed by atoms with Gasteiger partial charge in [-0.2, -0.15) is 0 Å². The summed E-state index contributed by atoms with van der Waals surface area (Å²) in [6.07, 6.45) is 2.09. The smallest absolute Gasteiger partial charge is 0.276 e. The number of piperazine rings is 1. The Labute approximate surface area is 162 Å². The summed E-state index contributed by atoms with van der Waals surface area (Å²) in [5.41, 5.74) is 1.44. The maximum absolute atomic E-state index is 12.8. The number of aromatic nitrogens is 3. The molecule has 0 aromatic carbocycles. The number of amides is 1. The highest BCUT2D eigenvalue weighted by molar-refractivity contribution is 5.93. The van der Waals surface area contributed by atoms with Gasteiger partial charge in [0.2, 0.25) is 0 Å². The normalized spacial score (nSPS) is 19.4. The zero-order valence-electron chi connectivity index (χ0n) is 15.3. The van der Waals surface area contributed by atoms with Gasteiger partial charge in [-0.3, -0.25) is 9.69 Å². The van der Waals surface area contributed by atoms with Crippen LogP contribution in [0.2, 0.25) is 0 Å². The molecule has 0 bridgehead atoms. The first kappa shape index (κ1) is 22.2. The number of carbonyl (C=O) groups is 1. The lowest BCUT2D eigenvalue weighted by molar-refractivity contribution is 0.0589. The fraction of sp³-hybridized carbons (Fsp3) is 0.812. The molecule has 0 radical (unpaired) electrons. The van der Waals surface area contributed by atoms with E-state index in [2.05, 4.69) is 34.4 Å². The van der Waals surface area contributed by atoms with Gasteiger partial charge in [0.1, 0.15) is 0 Å². The predicted molar refractivity (Wildman–Crippen MR) is 103 cm³/mol. The molecular formula is C16H30Cl2N6O. The van der Waals surface area contributed by atoms with Gasteiger partial charge >= 0.3 is 0 Å². The van der Waals surface area contributed by atoms with E-state index in [1.165, 1.54) is 0 Å². The molecule has 0 atom stereocenters. The standard InChI is InChI=1S/C16H28N6O.2ClH/c1-12(2)20-8-10-21(11-9-20)16(23)15-13(3)22(19-18-15)14-4-6-17-7-5-14;;/h12,14,17H,4-11H2,1-3H3;2*1H. The number of carbonyl (C=O) groups excluding carboxylic acids is 1. The molecule has 1 aromatic rings. The van der Waals surface area contributed by atoms with Crippen LogP contribution >= 0.6 is 24.8 Å². The number of halogens is 2. The molecule has 3 heterocycles. The third-order valence-corrected chi connectivity index (χ3v) is 5.12. The van der Waals surface area contributed by atoms with Crippen molar-refractivity contribution >= 4 is 30.7 Å². The van der Waals surface area contributed by atoms with Crippen LogP contribution in [0, 0.1) is 6.92 Å². The van der Waals surface area contributed by atoms with E-state index < -0.39 is 0 Å². The molecule has 7 nitrogen and oxygen atoms in total. The van der Waals surface area contributed by atoms with E-state index >= 15 is 0 Å². The minimum Gasteiger partial charge on any atom is -0.335 e. The van der Waals surface area contributed by atoms with Crippen molar-refractivity contribution < 1.29 is 4.79 Å². The van der Waals surface area contributed by atoms with E-state index in [4.69, 9.17) is 0 Å². The van der Waals surface area contributed by atoms with Gasteiger partial charge in [0.25, 0.3) is 5.91 Å². The summed E-state index contributed by atoms with van der Waals surface area (Å²) >= 11 is 0. The second-order valence-electron chi connectivity index (χ2n) is 6.87. The molecule has 25 heavy (non-hydrogen) atoms. The van der Waals surface area contributed by atoms with E-state index in [0.29, 0.717) is 17.8 Å². The second-order valence-corrected chi connectivity index (χ2v) is 6.87. The Hall–Kier alpha value is -0.890. The zero-order valence-corrected chi connectivity index (χ0v) is 16.9. The van der Waals surface area contributed by atoms with Crippen LogP contribution in [0.15, 0.2) is 0 Å². The van der Waals surface area contributed by atoms with Crippen molar-refractivity contribution in [3.8, 4) is 0 Å². The van der Waals surface area contributed by atoms with Crippen LogP contribution in [0.5, 0.6) is 0 Å². The maximum atomic E-state index is 12.8. The summed E-state index contributed by atoms with van der Waals surface area (Å²) in [6.45, 7) is 11.8. The van der Waals surface area contributed by atoms with E-state index in [9.17, 15) is 4.79 Å². The molecule has 1 N–H and O–H groups in total. The largest absolute Gasteiger partial charge is 0.335 e. The Balaban J connectivity index is 0.00000156. The SMILES string of the molecule is Cc1c(C(=O)N2CCN(C(C)C)CC2)nnn1C1CCNCC1.Cl.Cl. The molecule has 3 rings (SSSR count). The van der Waals surface area contributed by atoms with Crippen LogP contribution in [-0.2, 0) is 0 Å². The minimum atomic E-state index is 0. The van der Waals surface area contributed by atoms with Crippen molar-refractivity contribution in [2.24, 2.45) is 0 Å². The molecule has 0 aliphatic carbocycles.